The molecule has 1 N–H and O–H groups in total. The van der Waals surface area contributed by atoms with E-state index >= 15 is 0 Å². The number of carbonyl (C=O) groups is 2. The van der Waals surface area contributed by atoms with Crippen LogP contribution in [-0.2, 0) is 9.59 Å². The van der Waals surface area contributed by atoms with Crippen LogP contribution in [0.25, 0.3) is 0 Å². The molecule has 1 heterocycles. The molecule has 1 saturated heterocycles. The van der Waals surface area contributed by atoms with Gasteiger partial charge in [-0.15, -0.1) is 0 Å². The molecule has 0 spiro atoms. The van der Waals surface area contributed by atoms with Crippen LogP contribution in [0.2, 0.25) is 0 Å². The number of carboxylic acids is 1. The van der Waals surface area contributed by atoms with Crippen LogP contribution in [0.5, 0.6) is 0 Å². The van der Waals surface area contributed by atoms with Crippen molar-refractivity contribution in [1.29, 1.82) is 0 Å². The maximum atomic E-state index is 13.0. The number of hydrogen-bond donors (Lipinski definition) is 1. The first kappa shape index (κ1) is 21.2. The van der Waals surface area contributed by atoms with Crippen molar-refractivity contribution in [2.24, 2.45) is 11.8 Å². The first-order valence-corrected chi connectivity index (χ1v) is 11.2. The third kappa shape index (κ3) is 4.68. The molecule has 4 rings (SSSR count). The minimum Gasteiger partial charge on any atom is -0.550 e. The number of carboxylic acid groups (broad SMARTS) is 1. The number of carbonyl (C=O) groups excluding carboxylic acids is 2. The largest absolute Gasteiger partial charge is 0.550 e. The van der Waals surface area contributed by atoms with Crippen molar-refractivity contribution in [2.45, 2.75) is 32.6 Å². The Kier molecular flexibility index (Phi) is 6.44. The Balaban J connectivity index is 1.45. The van der Waals surface area contributed by atoms with E-state index in [4.69, 9.17) is 0 Å². The highest BCUT2D eigenvalue weighted by atomic mass is 16.4. The molecule has 0 radical (unpaired) electrons. The van der Waals surface area contributed by atoms with E-state index in [0.717, 1.165) is 50.4 Å². The lowest BCUT2D eigenvalue weighted by Gasteiger charge is -2.39. The Morgan fingerprint density at radius 1 is 0.839 bits per heavy atom. The standard InChI is InChI=1S/C25H31N3O3/c1-18-8-2-6-12-22(18)27-14-16-28(17-15-27)23-13-7-5-11-21(23)26-24(29)19-9-3-4-10-20(19)25(30)31/h2,5-8,11-13,19-20H,3-4,9-10,14-17H2,1H3,(H,26,29)(H,30,31)/p-1/t19-,20-/m1/s1. The Morgan fingerprint density at radius 3 is 2.03 bits per heavy atom. The molecule has 0 aromatic heterocycles. The first-order valence-electron chi connectivity index (χ1n) is 11.2. The molecule has 1 saturated carbocycles. The number of nitrogens with zero attached hydrogens (tertiary/aromatic N) is 2. The second kappa shape index (κ2) is 9.41. The lowest BCUT2D eigenvalue weighted by molar-refractivity contribution is -0.313. The van der Waals surface area contributed by atoms with Gasteiger partial charge in [-0.3, -0.25) is 4.79 Å². The summed E-state index contributed by atoms with van der Waals surface area (Å²) in [6.45, 7) is 5.65. The van der Waals surface area contributed by atoms with E-state index in [2.05, 4.69) is 46.3 Å². The van der Waals surface area contributed by atoms with Crippen molar-refractivity contribution in [3.63, 3.8) is 0 Å². The molecular weight excluding hydrogens is 390 g/mol. The molecule has 2 fully saturated rings. The summed E-state index contributed by atoms with van der Waals surface area (Å²) in [6.07, 6.45) is 2.83. The van der Waals surface area contributed by atoms with Crippen LogP contribution in [0.1, 0.15) is 31.2 Å². The molecule has 2 atom stereocenters. The summed E-state index contributed by atoms with van der Waals surface area (Å²) in [6, 6.07) is 16.2. The number of amides is 1. The van der Waals surface area contributed by atoms with Gasteiger partial charge in [-0.2, -0.15) is 0 Å². The summed E-state index contributed by atoms with van der Waals surface area (Å²) in [7, 11) is 0. The monoisotopic (exact) mass is 420 g/mol. The molecule has 1 aliphatic carbocycles. The highest BCUT2D eigenvalue weighted by Crippen LogP contribution is 2.33. The number of aryl methyl sites for hydroxylation is 1. The van der Waals surface area contributed by atoms with Gasteiger partial charge in [-0.1, -0.05) is 43.2 Å². The van der Waals surface area contributed by atoms with Crippen molar-refractivity contribution >= 4 is 28.9 Å². The SMILES string of the molecule is Cc1ccccc1N1CCN(c2ccccc2NC(=O)[C@@H]2CCCC[C@H]2C(=O)[O-])CC1. The van der Waals surface area contributed by atoms with Crippen molar-refractivity contribution < 1.29 is 14.7 Å². The second-order valence-electron chi connectivity index (χ2n) is 8.58. The highest BCUT2D eigenvalue weighted by molar-refractivity contribution is 5.97. The van der Waals surface area contributed by atoms with Crippen LogP contribution in [0, 0.1) is 18.8 Å². The van der Waals surface area contributed by atoms with Gasteiger partial charge in [-0.25, -0.2) is 0 Å². The van der Waals surface area contributed by atoms with Crippen LogP contribution < -0.4 is 20.2 Å². The second-order valence-corrected chi connectivity index (χ2v) is 8.58. The number of aliphatic carboxylic acids is 1. The van der Waals surface area contributed by atoms with Crippen molar-refractivity contribution in [1.82, 2.24) is 0 Å². The average Bonchev–Trinajstić information content (AvgIpc) is 2.80. The molecule has 164 valence electrons. The Morgan fingerprint density at radius 2 is 1.39 bits per heavy atom. The van der Waals surface area contributed by atoms with E-state index in [-0.39, 0.29) is 5.91 Å². The molecule has 2 aromatic rings. The molecule has 1 amide bonds. The zero-order valence-electron chi connectivity index (χ0n) is 18.0. The highest BCUT2D eigenvalue weighted by Gasteiger charge is 2.32. The molecule has 2 aromatic carbocycles. The molecule has 0 bridgehead atoms. The number of hydrogen-bond acceptors (Lipinski definition) is 5. The zero-order valence-corrected chi connectivity index (χ0v) is 18.0. The van der Waals surface area contributed by atoms with Crippen LogP contribution in [-0.4, -0.2) is 38.1 Å². The van der Waals surface area contributed by atoms with Gasteiger partial charge >= 0.3 is 0 Å². The van der Waals surface area contributed by atoms with Gasteiger partial charge in [0.25, 0.3) is 0 Å². The van der Waals surface area contributed by atoms with Crippen molar-refractivity contribution in [2.75, 3.05) is 41.3 Å². The predicted molar refractivity (Wildman–Crippen MR) is 121 cm³/mol. The molecule has 2 aliphatic rings. The summed E-state index contributed by atoms with van der Waals surface area (Å²) in [4.78, 5) is 29.2. The summed E-state index contributed by atoms with van der Waals surface area (Å²) >= 11 is 0. The van der Waals surface area contributed by atoms with Crippen LogP contribution in [0.4, 0.5) is 17.1 Å². The molecule has 6 nitrogen and oxygen atoms in total. The van der Waals surface area contributed by atoms with Crippen molar-refractivity contribution in [3.05, 3.63) is 54.1 Å². The summed E-state index contributed by atoms with van der Waals surface area (Å²) in [5.41, 5.74) is 4.29. The zero-order chi connectivity index (χ0) is 21.8. The van der Waals surface area contributed by atoms with Gasteiger partial charge in [-0.05, 0) is 43.5 Å². The van der Waals surface area contributed by atoms with E-state index in [1.807, 2.05) is 24.3 Å². The van der Waals surface area contributed by atoms with Gasteiger partial charge in [0.15, 0.2) is 0 Å². The number of anilines is 3. The minimum atomic E-state index is -1.11. The fourth-order valence-electron chi connectivity index (χ4n) is 4.91. The topological polar surface area (TPSA) is 75.7 Å². The first-order chi connectivity index (χ1) is 15.0. The number of para-hydroxylation sites is 3. The van der Waals surface area contributed by atoms with Gasteiger partial charge in [0, 0.05) is 49.7 Å². The van der Waals surface area contributed by atoms with Crippen LogP contribution in [0.15, 0.2) is 48.5 Å². The minimum absolute atomic E-state index is 0.208. The van der Waals surface area contributed by atoms with Gasteiger partial charge in [0.05, 0.1) is 11.4 Å². The number of nitrogens with one attached hydrogen (secondary N) is 1. The Hall–Kier alpha value is -3.02. The van der Waals surface area contributed by atoms with E-state index in [9.17, 15) is 14.7 Å². The summed E-state index contributed by atoms with van der Waals surface area (Å²) < 4.78 is 0. The Bertz CT molecular complexity index is 937. The fourth-order valence-corrected chi connectivity index (χ4v) is 4.91. The maximum Gasteiger partial charge on any atom is 0.228 e. The van der Waals surface area contributed by atoms with Gasteiger partial charge < -0.3 is 25.0 Å². The van der Waals surface area contributed by atoms with E-state index < -0.39 is 17.8 Å². The summed E-state index contributed by atoms with van der Waals surface area (Å²) in [5.74, 6) is -2.54. The normalized spacial score (nSPS) is 21.6. The molecule has 6 heteroatoms. The molecular formula is C25H30N3O3-. The third-order valence-corrected chi connectivity index (χ3v) is 6.64. The number of rotatable bonds is 5. The average molecular weight is 421 g/mol. The van der Waals surface area contributed by atoms with E-state index in [1.165, 1.54) is 11.3 Å². The quantitative estimate of drug-likeness (QED) is 0.805. The smallest absolute Gasteiger partial charge is 0.228 e. The summed E-state index contributed by atoms with van der Waals surface area (Å²) in [5, 5.41) is 14.5. The maximum absolute atomic E-state index is 13.0. The van der Waals surface area contributed by atoms with E-state index in [0.29, 0.717) is 12.8 Å². The predicted octanol–water partition coefficient (Wildman–Crippen LogP) is 2.82. The number of piperazine rings is 1. The lowest BCUT2D eigenvalue weighted by atomic mass is 9.78. The third-order valence-electron chi connectivity index (χ3n) is 6.64. The molecule has 0 unspecified atom stereocenters. The van der Waals surface area contributed by atoms with Crippen molar-refractivity contribution in [3.8, 4) is 0 Å². The fraction of sp³-hybridized carbons (Fsp3) is 0.440. The molecule has 31 heavy (non-hydrogen) atoms. The number of benzene rings is 2. The van der Waals surface area contributed by atoms with Gasteiger partial charge in [0.1, 0.15) is 0 Å². The Labute approximate surface area is 183 Å². The molecule has 1 aliphatic heterocycles. The van der Waals surface area contributed by atoms with Gasteiger partial charge in [0.2, 0.25) is 5.91 Å². The lowest BCUT2D eigenvalue weighted by Crippen LogP contribution is -2.47. The van der Waals surface area contributed by atoms with Crippen LogP contribution >= 0.6 is 0 Å². The van der Waals surface area contributed by atoms with Crippen LogP contribution in [0.3, 0.4) is 0 Å². The van der Waals surface area contributed by atoms with E-state index in [1.54, 1.807) is 0 Å².